The molecule has 0 saturated carbocycles. The first-order valence-electron chi connectivity index (χ1n) is 10.2. The predicted octanol–water partition coefficient (Wildman–Crippen LogP) is 4.76. The summed E-state index contributed by atoms with van der Waals surface area (Å²) in [4.78, 5) is 26.6. The molecule has 1 aliphatic heterocycles. The van der Waals surface area contributed by atoms with Gasteiger partial charge in [-0.25, -0.2) is 9.18 Å². The van der Waals surface area contributed by atoms with Gasteiger partial charge in [0, 0.05) is 24.7 Å². The lowest BCUT2D eigenvalue weighted by atomic mass is 9.86. The van der Waals surface area contributed by atoms with Crippen LogP contribution in [0.1, 0.15) is 70.2 Å². The molecule has 2 rings (SSSR count). The molecule has 5 nitrogen and oxygen atoms in total. The van der Waals surface area contributed by atoms with Crippen LogP contribution in [-0.4, -0.2) is 41.6 Å². The second-order valence-corrected chi connectivity index (χ2v) is 8.53. The van der Waals surface area contributed by atoms with Crippen molar-refractivity contribution in [3.8, 4) is 0 Å². The van der Waals surface area contributed by atoms with E-state index >= 15 is 0 Å². The summed E-state index contributed by atoms with van der Waals surface area (Å²) < 4.78 is 18.6. The highest BCUT2D eigenvalue weighted by Gasteiger charge is 2.31. The lowest BCUT2D eigenvalue weighted by Crippen LogP contribution is -2.47. The van der Waals surface area contributed by atoms with E-state index in [1.54, 1.807) is 4.90 Å². The van der Waals surface area contributed by atoms with Gasteiger partial charge in [0.15, 0.2) is 0 Å². The smallest absolute Gasteiger partial charge is 0.410 e. The number of hydrogen-bond donors (Lipinski definition) is 1. The number of hydrogen-bond acceptors (Lipinski definition) is 3. The summed E-state index contributed by atoms with van der Waals surface area (Å²) in [6, 6.07) is 5.67. The molecule has 156 valence electrons. The van der Waals surface area contributed by atoms with Gasteiger partial charge in [-0.1, -0.05) is 19.8 Å². The van der Waals surface area contributed by atoms with Crippen molar-refractivity contribution >= 4 is 12.0 Å². The first-order valence-corrected chi connectivity index (χ1v) is 10.2. The lowest BCUT2D eigenvalue weighted by molar-refractivity contribution is 0.0166. The molecule has 0 radical (unpaired) electrons. The van der Waals surface area contributed by atoms with Gasteiger partial charge in [-0.3, -0.25) is 4.79 Å². The van der Waals surface area contributed by atoms with Crippen molar-refractivity contribution in [3.05, 3.63) is 35.6 Å². The van der Waals surface area contributed by atoms with Crippen molar-refractivity contribution in [2.75, 3.05) is 13.1 Å². The van der Waals surface area contributed by atoms with Gasteiger partial charge in [0.05, 0.1) is 0 Å². The monoisotopic (exact) mass is 392 g/mol. The average Bonchev–Trinajstić information content (AvgIpc) is 2.64. The van der Waals surface area contributed by atoms with Crippen LogP contribution in [0.5, 0.6) is 0 Å². The first-order chi connectivity index (χ1) is 13.2. The number of benzene rings is 1. The summed E-state index contributed by atoms with van der Waals surface area (Å²) in [6.45, 7) is 8.99. The summed E-state index contributed by atoms with van der Waals surface area (Å²) in [5.74, 6) is -0.209. The van der Waals surface area contributed by atoms with Crippen LogP contribution in [-0.2, 0) is 4.74 Å². The van der Waals surface area contributed by atoms with Gasteiger partial charge in [-0.2, -0.15) is 0 Å². The SMILES string of the molecule is CCCC[C@@H](NC(=O)c1ccc(F)cc1)C1CCN(C(=O)OC(C)(C)C)CC1. The Labute approximate surface area is 167 Å². The van der Waals surface area contributed by atoms with Crippen LogP contribution in [0, 0.1) is 11.7 Å². The second-order valence-electron chi connectivity index (χ2n) is 8.53. The number of unbranched alkanes of at least 4 members (excludes halogenated alkanes) is 1. The van der Waals surface area contributed by atoms with E-state index in [0.717, 1.165) is 32.1 Å². The predicted molar refractivity (Wildman–Crippen MR) is 108 cm³/mol. The highest BCUT2D eigenvalue weighted by Crippen LogP contribution is 2.25. The number of carbonyl (C=O) groups is 2. The zero-order valence-electron chi connectivity index (χ0n) is 17.5. The standard InChI is InChI=1S/C22H33FN2O3/c1-5-6-7-19(24-20(26)17-8-10-18(23)11-9-17)16-12-14-25(15-13-16)21(27)28-22(2,3)4/h8-11,16,19H,5-7,12-15H2,1-4H3,(H,24,26)/t19-/m1/s1. The molecule has 1 aliphatic rings. The van der Waals surface area contributed by atoms with Gasteiger partial charge in [-0.05, 0) is 70.2 Å². The molecular formula is C22H33FN2O3. The Morgan fingerprint density at radius 3 is 2.36 bits per heavy atom. The molecule has 0 aromatic heterocycles. The normalized spacial score (nSPS) is 16.5. The number of nitrogens with one attached hydrogen (secondary N) is 1. The molecule has 1 heterocycles. The van der Waals surface area contributed by atoms with E-state index in [4.69, 9.17) is 4.74 Å². The van der Waals surface area contributed by atoms with Crippen LogP contribution in [0.3, 0.4) is 0 Å². The number of ether oxygens (including phenoxy) is 1. The van der Waals surface area contributed by atoms with Crippen LogP contribution < -0.4 is 5.32 Å². The molecule has 1 fully saturated rings. The zero-order chi connectivity index (χ0) is 20.7. The van der Waals surface area contributed by atoms with Gasteiger partial charge >= 0.3 is 6.09 Å². The third-order valence-electron chi connectivity index (χ3n) is 5.05. The molecule has 6 heteroatoms. The number of halogens is 1. The average molecular weight is 393 g/mol. The Balaban J connectivity index is 1.95. The minimum atomic E-state index is -0.499. The van der Waals surface area contributed by atoms with Gasteiger partial charge in [0.1, 0.15) is 11.4 Å². The van der Waals surface area contributed by atoms with Crippen molar-refractivity contribution in [1.82, 2.24) is 10.2 Å². The first kappa shape index (κ1) is 22.2. The van der Waals surface area contributed by atoms with E-state index in [-0.39, 0.29) is 23.9 Å². The summed E-state index contributed by atoms with van der Waals surface area (Å²) in [6.07, 6.45) is 4.38. The third kappa shape index (κ3) is 6.80. The fourth-order valence-corrected chi connectivity index (χ4v) is 3.51. The molecule has 0 bridgehead atoms. The van der Waals surface area contributed by atoms with Gasteiger partial charge in [0.25, 0.3) is 5.91 Å². The molecule has 1 aromatic carbocycles. The van der Waals surface area contributed by atoms with Crippen molar-refractivity contribution in [3.63, 3.8) is 0 Å². The van der Waals surface area contributed by atoms with Gasteiger partial charge in [-0.15, -0.1) is 0 Å². The summed E-state index contributed by atoms with van der Waals surface area (Å²) in [5.41, 5.74) is -0.0325. The van der Waals surface area contributed by atoms with Crippen LogP contribution in [0.2, 0.25) is 0 Å². The number of likely N-dealkylation sites (tertiary alicyclic amines) is 1. The van der Waals surface area contributed by atoms with E-state index in [1.165, 1.54) is 24.3 Å². The van der Waals surface area contributed by atoms with Crippen LogP contribution in [0.4, 0.5) is 9.18 Å². The number of rotatable bonds is 6. The maximum atomic E-state index is 13.1. The van der Waals surface area contributed by atoms with Crippen molar-refractivity contribution in [1.29, 1.82) is 0 Å². The Kier molecular flexibility index (Phi) is 7.84. The molecule has 28 heavy (non-hydrogen) atoms. The molecule has 2 amide bonds. The fraction of sp³-hybridized carbons (Fsp3) is 0.636. The number of carbonyl (C=O) groups excluding carboxylic acids is 2. The fourth-order valence-electron chi connectivity index (χ4n) is 3.51. The maximum absolute atomic E-state index is 13.1. The molecule has 1 N–H and O–H groups in total. The number of piperidine rings is 1. The molecule has 1 saturated heterocycles. The van der Waals surface area contributed by atoms with E-state index in [9.17, 15) is 14.0 Å². The Morgan fingerprint density at radius 2 is 1.82 bits per heavy atom. The van der Waals surface area contributed by atoms with E-state index < -0.39 is 5.60 Å². The van der Waals surface area contributed by atoms with Crippen molar-refractivity contribution in [2.45, 2.75) is 71.4 Å². The molecule has 0 spiro atoms. The number of amides is 2. The summed E-state index contributed by atoms with van der Waals surface area (Å²) in [7, 11) is 0. The van der Waals surface area contributed by atoms with E-state index in [0.29, 0.717) is 24.6 Å². The molecule has 0 unspecified atom stereocenters. The lowest BCUT2D eigenvalue weighted by Gasteiger charge is -2.37. The Bertz CT molecular complexity index is 647. The maximum Gasteiger partial charge on any atom is 0.410 e. The van der Waals surface area contributed by atoms with Crippen LogP contribution in [0.25, 0.3) is 0 Å². The topological polar surface area (TPSA) is 58.6 Å². The van der Waals surface area contributed by atoms with Gasteiger partial charge < -0.3 is 15.0 Å². The summed E-state index contributed by atoms with van der Waals surface area (Å²) in [5, 5.41) is 3.14. The van der Waals surface area contributed by atoms with E-state index in [1.807, 2.05) is 20.8 Å². The van der Waals surface area contributed by atoms with E-state index in [2.05, 4.69) is 12.2 Å². The summed E-state index contributed by atoms with van der Waals surface area (Å²) >= 11 is 0. The minimum absolute atomic E-state index is 0.0540. The van der Waals surface area contributed by atoms with Crippen LogP contribution >= 0.6 is 0 Å². The molecule has 1 aromatic rings. The van der Waals surface area contributed by atoms with Crippen LogP contribution in [0.15, 0.2) is 24.3 Å². The van der Waals surface area contributed by atoms with Gasteiger partial charge in [0.2, 0.25) is 0 Å². The Morgan fingerprint density at radius 1 is 1.21 bits per heavy atom. The van der Waals surface area contributed by atoms with Crippen molar-refractivity contribution < 1.29 is 18.7 Å². The second kappa shape index (κ2) is 9.89. The number of nitrogens with zero attached hydrogens (tertiary/aromatic N) is 1. The highest BCUT2D eigenvalue weighted by atomic mass is 19.1. The largest absolute Gasteiger partial charge is 0.444 e. The Hall–Kier alpha value is -2.11. The third-order valence-corrected chi connectivity index (χ3v) is 5.05. The molecule has 1 atom stereocenters. The minimum Gasteiger partial charge on any atom is -0.444 e. The quantitative estimate of drug-likeness (QED) is 0.759. The molecular weight excluding hydrogens is 359 g/mol. The van der Waals surface area contributed by atoms with Crippen molar-refractivity contribution in [2.24, 2.45) is 5.92 Å². The zero-order valence-corrected chi connectivity index (χ0v) is 17.5. The molecule has 0 aliphatic carbocycles. The highest BCUT2D eigenvalue weighted by molar-refractivity contribution is 5.94.